The van der Waals surface area contributed by atoms with Gasteiger partial charge in [0.05, 0.1) is 55.1 Å². The lowest BCUT2D eigenvalue weighted by Crippen LogP contribution is -2.44. The first-order valence-corrected chi connectivity index (χ1v) is 14.5. The Kier molecular flexibility index (Phi) is 7.29. The summed E-state index contributed by atoms with van der Waals surface area (Å²) in [4.78, 5) is 50.2. The zero-order chi connectivity index (χ0) is 31.1. The van der Waals surface area contributed by atoms with E-state index in [1.807, 2.05) is 6.20 Å². The lowest BCUT2D eigenvalue weighted by molar-refractivity contribution is -0.137. The standard InChI is InChI=1S/C30H29FN10O4/c31-19-10-24(30(44)37-26-11-20-22(13-34-26)33-14-25(20)39-5-7-45-8-6-39)40(15-19)27(42)16-41-23-2-1-17(18-3-4-35-36-12-18)9-21(23)28(38-41)29(32)43/h1-4,9,11-14,19,24,33H,5-8,10,15-16H2,(H2,32,43)(H,34,37,44). The number of pyridine rings is 1. The first-order valence-electron chi connectivity index (χ1n) is 14.5. The van der Waals surface area contributed by atoms with Crippen LogP contribution in [0.15, 0.2) is 55.1 Å². The Hall–Kier alpha value is -5.44. The summed E-state index contributed by atoms with van der Waals surface area (Å²) in [5, 5.41) is 16.1. The normalized spacial score (nSPS) is 18.5. The van der Waals surface area contributed by atoms with Crippen LogP contribution in [0, 0.1) is 0 Å². The molecule has 2 saturated heterocycles. The van der Waals surface area contributed by atoms with Crippen LogP contribution in [0.1, 0.15) is 16.9 Å². The van der Waals surface area contributed by atoms with Crippen molar-refractivity contribution in [1.29, 1.82) is 0 Å². The molecule has 0 saturated carbocycles. The molecule has 2 aliphatic heterocycles. The summed E-state index contributed by atoms with van der Waals surface area (Å²) in [6, 6.07) is 7.74. The fraction of sp³-hybridized carbons (Fsp3) is 0.300. The average Bonchev–Trinajstić information content (AvgIpc) is 3.76. The van der Waals surface area contributed by atoms with Crippen molar-refractivity contribution >= 4 is 51.0 Å². The molecular formula is C30H29FN10O4. The van der Waals surface area contributed by atoms with Gasteiger partial charge in [-0.05, 0) is 29.8 Å². The van der Waals surface area contributed by atoms with E-state index in [-0.39, 0.29) is 25.2 Å². The minimum atomic E-state index is -1.38. The van der Waals surface area contributed by atoms with Gasteiger partial charge in [-0.25, -0.2) is 9.37 Å². The third kappa shape index (κ3) is 5.42. The monoisotopic (exact) mass is 612 g/mol. The summed E-state index contributed by atoms with van der Waals surface area (Å²) in [6.07, 6.45) is 5.12. The Morgan fingerprint density at radius 3 is 2.69 bits per heavy atom. The van der Waals surface area contributed by atoms with E-state index in [0.717, 1.165) is 40.8 Å². The number of carbonyl (C=O) groups excluding carboxylic acids is 3. The minimum Gasteiger partial charge on any atom is -0.378 e. The number of nitrogens with one attached hydrogen (secondary N) is 2. The van der Waals surface area contributed by atoms with Crippen LogP contribution in [0.25, 0.3) is 32.9 Å². The molecular weight excluding hydrogens is 583 g/mol. The van der Waals surface area contributed by atoms with Gasteiger partial charge in [0, 0.05) is 42.0 Å². The van der Waals surface area contributed by atoms with Crippen LogP contribution in [0.4, 0.5) is 15.9 Å². The van der Waals surface area contributed by atoms with E-state index in [2.05, 4.69) is 35.5 Å². The number of nitrogens with zero attached hydrogens (tertiary/aromatic N) is 7. The van der Waals surface area contributed by atoms with Crippen LogP contribution in [-0.4, -0.2) is 97.6 Å². The molecule has 0 bridgehead atoms. The highest BCUT2D eigenvalue weighted by Gasteiger charge is 2.40. The molecule has 2 aliphatic rings. The van der Waals surface area contributed by atoms with Gasteiger partial charge >= 0.3 is 0 Å². The number of anilines is 2. The van der Waals surface area contributed by atoms with Crippen molar-refractivity contribution in [1.82, 2.24) is 34.8 Å². The second kappa shape index (κ2) is 11.6. The summed E-state index contributed by atoms with van der Waals surface area (Å²) in [5.41, 5.74) is 9.40. The van der Waals surface area contributed by atoms with E-state index in [0.29, 0.717) is 29.9 Å². The van der Waals surface area contributed by atoms with Gasteiger partial charge in [-0.2, -0.15) is 15.3 Å². The second-order valence-electron chi connectivity index (χ2n) is 11.0. The SMILES string of the molecule is NC(=O)c1nn(CC(=O)N2CC(F)CC2C(=O)Nc2cc3c(N4CCOCC4)c[nH]c3cn2)c2ccc(-c3ccnnc3)cc12. The number of nitrogens with two attached hydrogens (primary N) is 1. The summed E-state index contributed by atoms with van der Waals surface area (Å²) >= 11 is 0. The summed E-state index contributed by atoms with van der Waals surface area (Å²) in [6.45, 7) is 2.16. The maximum absolute atomic E-state index is 14.7. The maximum atomic E-state index is 14.7. The summed E-state index contributed by atoms with van der Waals surface area (Å²) < 4.78 is 21.5. The van der Waals surface area contributed by atoms with Crippen molar-refractivity contribution in [3.05, 3.63) is 60.8 Å². The molecule has 15 heteroatoms. The van der Waals surface area contributed by atoms with Crippen LogP contribution in [0.2, 0.25) is 0 Å². The number of fused-ring (bicyclic) bond motifs is 2. The molecule has 4 aromatic heterocycles. The van der Waals surface area contributed by atoms with E-state index in [4.69, 9.17) is 10.5 Å². The van der Waals surface area contributed by atoms with E-state index in [1.54, 1.807) is 48.9 Å². The highest BCUT2D eigenvalue weighted by atomic mass is 19.1. The number of benzene rings is 1. The molecule has 5 aromatic rings. The van der Waals surface area contributed by atoms with Gasteiger partial charge in [0.15, 0.2) is 5.69 Å². The van der Waals surface area contributed by atoms with Gasteiger partial charge in [-0.1, -0.05) is 6.07 Å². The third-order valence-corrected chi connectivity index (χ3v) is 8.21. The number of aromatic nitrogens is 6. The number of likely N-dealkylation sites (tertiary alicyclic amines) is 1. The van der Waals surface area contributed by atoms with Crippen molar-refractivity contribution in [2.45, 2.75) is 25.2 Å². The summed E-state index contributed by atoms with van der Waals surface area (Å²) in [5.74, 6) is -1.54. The van der Waals surface area contributed by atoms with Crippen molar-refractivity contribution in [2.75, 3.05) is 43.1 Å². The number of ether oxygens (including phenoxy) is 1. The molecule has 2 atom stereocenters. The molecule has 45 heavy (non-hydrogen) atoms. The van der Waals surface area contributed by atoms with Gasteiger partial charge in [-0.3, -0.25) is 19.1 Å². The molecule has 0 aliphatic carbocycles. The van der Waals surface area contributed by atoms with Crippen LogP contribution in [0.5, 0.6) is 0 Å². The number of halogens is 1. The number of carbonyl (C=O) groups is 3. The second-order valence-corrected chi connectivity index (χ2v) is 11.0. The Morgan fingerprint density at radius 1 is 1.07 bits per heavy atom. The van der Waals surface area contributed by atoms with Crippen LogP contribution >= 0.6 is 0 Å². The third-order valence-electron chi connectivity index (χ3n) is 8.21. The number of primary amides is 1. The van der Waals surface area contributed by atoms with E-state index in [1.165, 1.54) is 9.58 Å². The van der Waals surface area contributed by atoms with Crippen molar-refractivity contribution < 1.29 is 23.5 Å². The van der Waals surface area contributed by atoms with Gasteiger partial charge in [-0.15, -0.1) is 0 Å². The predicted molar refractivity (Wildman–Crippen MR) is 162 cm³/mol. The number of amides is 3. The van der Waals surface area contributed by atoms with E-state index < -0.39 is 29.9 Å². The van der Waals surface area contributed by atoms with Crippen LogP contribution < -0.4 is 16.0 Å². The van der Waals surface area contributed by atoms with Crippen LogP contribution in [0.3, 0.4) is 0 Å². The molecule has 230 valence electrons. The summed E-state index contributed by atoms with van der Waals surface area (Å²) in [7, 11) is 0. The molecule has 4 N–H and O–H groups in total. The fourth-order valence-electron chi connectivity index (χ4n) is 6.00. The molecule has 0 radical (unpaired) electrons. The van der Waals surface area contributed by atoms with Gasteiger partial charge in [0.2, 0.25) is 11.8 Å². The van der Waals surface area contributed by atoms with E-state index in [9.17, 15) is 18.8 Å². The first kappa shape index (κ1) is 28.3. The lowest BCUT2D eigenvalue weighted by atomic mass is 10.0. The maximum Gasteiger partial charge on any atom is 0.269 e. The number of aromatic amines is 1. The number of alkyl halides is 1. The fourth-order valence-corrected chi connectivity index (χ4v) is 6.00. The number of hydrogen-bond donors (Lipinski definition) is 3. The lowest BCUT2D eigenvalue weighted by Gasteiger charge is -2.28. The zero-order valence-electron chi connectivity index (χ0n) is 24.0. The largest absolute Gasteiger partial charge is 0.378 e. The van der Waals surface area contributed by atoms with Gasteiger partial charge in [0.1, 0.15) is 24.6 Å². The number of H-pyrrole nitrogens is 1. The smallest absolute Gasteiger partial charge is 0.269 e. The van der Waals surface area contributed by atoms with E-state index >= 15 is 0 Å². The quantitative estimate of drug-likeness (QED) is 0.248. The number of hydrogen-bond acceptors (Lipinski definition) is 9. The molecule has 0 spiro atoms. The Balaban J connectivity index is 1.11. The van der Waals surface area contributed by atoms with Crippen molar-refractivity contribution in [2.24, 2.45) is 5.73 Å². The highest BCUT2D eigenvalue weighted by molar-refractivity contribution is 6.05. The highest BCUT2D eigenvalue weighted by Crippen LogP contribution is 2.30. The Labute approximate surface area is 255 Å². The van der Waals surface area contributed by atoms with Crippen LogP contribution in [-0.2, 0) is 20.9 Å². The average molecular weight is 613 g/mol. The Morgan fingerprint density at radius 2 is 1.91 bits per heavy atom. The zero-order valence-corrected chi connectivity index (χ0v) is 24.0. The van der Waals surface area contributed by atoms with Crippen molar-refractivity contribution in [3.8, 4) is 11.1 Å². The molecule has 3 amide bonds. The molecule has 1 aromatic carbocycles. The first-order chi connectivity index (χ1) is 21.9. The van der Waals surface area contributed by atoms with Gasteiger partial charge in [0.25, 0.3) is 5.91 Å². The predicted octanol–water partition coefficient (Wildman–Crippen LogP) is 1.88. The molecule has 2 unspecified atom stereocenters. The molecule has 7 rings (SSSR count). The topological polar surface area (TPSA) is 177 Å². The number of morpholine rings is 1. The number of rotatable bonds is 7. The minimum absolute atomic E-state index is 0.0107. The van der Waals surface area contributed by atoms with Crippen molar-refractivity contribution in [3.63, 3.8) is 0 Å². The molecule has 14 nitrogen and oxygen atoms in total. The Bertz CT molecular complexity index is 1920. The van der Waals surface area contributed by atoms with Gasteiger partial charge < -0.3 is 30.6 Å². The molecule has 2 fully saturated rings. The molecule has 6 heterocycles.